The lowest BCUT2D eigenvalue weighted by atomic mass is 9.53. The molecule has 2 saturated carbocycles. The molecule has 0 spiro atoms. The Kier molecular flexibility index (Phi) is 2.22. The summed E-state index contributed by atoms with van der Waals surface area (Å²) >= 11 is 0. The van der Waals surface area contributed by atoms with Gasteiger partial charge in [-0.1, -0.05) is 13.5 Å². The molecular formula is C14H20O3. The van der Waals surface area contributed by atoms with Crippen LogP contribution in [0.2, 0.25) is 0 Å². The predicted molar refractivity (Wildman–Crippen MR) is 63.3 cm³/mol. The van der Waals surface area contributed by atoms with Crippen LogP contribution in [-0.2, 0) is 9.53 Å². The van der Waals surface area contributed by atoms with E-state index in [-0.39, 0.29) is 23.4 Å². The van der Waals surface area contributed by atoms with Crippen LogP contribution in [-0.4, -0.2) is 22.8 Å². The van der Waals surface area contributed by atoms with Crippen molar-refractivity contribution >= 4 is 5.97 Å². The summed E-state index contributed by atoms with van der Waals surface area (Å²) in [4.78, 5) is 11.4. The number of ether oxygens (including phenoxy) is 1. The van der Waals surface area contributed by atoms with E-state index in [1.807, 2.05) is 0 Å². The summed E-state index contributed by atoms with van der Waals surface area (Å²) in [6.07, 6.45) is 4.94. The van der Waals surface area contributed by atoms with Gasteiger partial charge in [0.1, 0.15) is 6.10 Å². The van der Waals surface area contributed by atoms with Crippen LogP contribution in [0.15, 0.2) is 12.2 Å². The summed E-state index contributed by atoms with van der Waals surface area (Å²) in [6, 6.07) is 0. The van der Waals surface area contributed by atoms with Gasteiger partial charge >= 0.3 is 5.97 Å². The van der Waals surface area contributed by atoms with Crippen molar-refractivity contribution in [2.24, 2.45) is 11.3 Å². The zero-order chi connectivity index (χ0) is 12.3. The molecule has 0 unspecified atom stereocenters. The highest BCUT2D eigenvalue weighted by Crippen LogP contribution is 2.58. The van der Waals surface area contributed by atoms with Crippen molar-refractivity contribution in [1.29, 1.82) is 0 Å². The smallest absolute Gasteiger partial charge is 0.306 e. The van der Waals surface area contributed by atoms with Crippen LogP contribution in [0.4, 0.5) is 0 Å². The maximum atomic E-state index is 11.4. The molecule has 0 amide bonds. The molecule has 1 aliphatic heterocycles. The first-order valence-electron chi connectivity index (χ1n) is 6.55. The highest BCUT2D eigenvalue weighted by molar-refractivity contribution is 5.72. The molecule has 4 atom stereocenters. The van der Waals surface area contributed by atoms with E-state index < -0.39 is 5.60 Å². The Hall–Kier alpha value is -0.830. The number of hydrogen-bond donors (Lipinski definition) is 1. The molecule has 1 saturated heterocycles. The van der Waals surface area contributed by atoms with Crippen LogP contribution in [0.1, 0.15) is 45.4 Å². The third-order valence-corrected chi connectivity index (χ3v) is 5.24. The Bertz CT molecular complexity index is 389. The van der Waals surface area contributed by atoms with Gasteiger partial charge in [0.15, 0.2) is 0 Å². The van der Waals surface area contributed by atoms with Crippen LogP contribution < -0.4 is 0 Å². The zero-order valence-corrected chi connectivity index (χ0v) is 10.4. The summed E-state index contributed by atoms with van der Waals surface area (Å²) in [5, 5.41) is 11.0. The minimum atomic E-state index is -0.777. The highest BCUT2D eigenvalue weighted by atomic mass is 16.6. The van der Waals surface area contributed by atoms with Crippen molar-refractivity contribution in [2.75, 3.05) is 0 Å². The van der Waals surface area contributed by atoms with Gasteiger partial charge in [0, 0.05) is 11.3 Å². The predicted octanol–water partition coefficient (Wildman–Crippen LogP) is 2.19. The first kappa shape index (κ1) is 11.3. The van der Waals surface area contributed by atoms with Crippen molar-refractivity contribution in [3.63, 3.8) is 0 Å². The van der Waals surface area contributed by atoms with Gasteiger partial charge in [0.2, 0.25) is 0 Å². The molecule has 3 aliphatic rings. The molecular weight excluding hydrogens is 216 g/mol. The first-order valence-corrected chi connectivity index (χ1v) is 6.55. The molecule has 1 heterocycles. The molecule has 2 aliphatic carbocycles. The maximum absolute atomic E-state index is 11.4. The molecule has 0 bridgehead atoms. The Morgan fingerprint density at radius 1 is 1.47 bits per heavy atom. The highest BCUT2D eigenvalue weighted by Gasteiger charge is 2.59. The van der Waals surface area contributed by atoms with Crippen LogP contribution in [0, 0.1) is 11.3 Å². The van der Waals surface area contributed by atoms with Gasteiger partial charge in [0.05, 0.1) is 12.0 Å². The second kappa shape index (κ2) is 3.35. The number of hydrogen-bond acceptors (Lipinski definition) is 3. The average molecular weight is 236 g/mol. The average Bonchev–Trinajstić information content (AvgIpc) is 2.56. The third kappa shape index (κ3) is 1.41. The number of fused-ring (bicyclic) bond motifs is 2. The van der Waals surface area contributed by atoms with Crippen LogP contribution >= 0.6 is 0 Å². The Balaban J connectivity index is 1.95. The number of esters is 1. The van der Waals surface area contributed by atoms with Gasteiger partial charge in [-0.25, -0.2) is 0 Å². The Morgan fingerprint density at radius 2 is 2.24 bits per heavy atom. The summed E-state index contributed by atoms with van der Waals surface area (Å²) in [6.45, 7) is 6.20. The molecule has 17 heavy (non-hydrogen) atoms. The van der Waals surface area contributed by atoms with Crippen LogP contribution in [0.25, 0.3) is 0 Å². The summed E-state index contributed by atoms with van der Waals surface area (Å²) in [5.41, 5.74) is 0.0261. The maximum Gasteiger partial charge on any atom is 0.306 e. The minimum absolute atomic E-state index is 0.0266. The van der Waals surface area contributed by atoms with E-state index in [2.05, 4.69) is 13.5 Å². The standard InChI is InChI=1S/C14H20O3/c1-9-4-3-5-13(2)8-11-10(6-12(15)17-11)7-14(9,13)16/h10-11,16H,1,3-8H2,2H3/t10-,11+,13+,14+/m1/s1. The second-order valence-corrected chi connectivity index (χ2v) is 6.28. The molecule has 0 aromatic carbocycles. The third-order valence-electron chi connectivity index (χ3n) is 5.24. The molecule has 0 radical (unpaired) electrons. The van der Waals surface area contributed by atoms with Crippen molar-refractivity contribution in [3.05, 3.63) is 12.2 Å². The molecule has 3 heteroatoms. The molecule has 1 N–H and O–H groups in total. The Labute approximate surface area is 102 Å². The molecule has 0 aromatic rings. The van der Waals surface area contributed by atoms with Gasteiger partial charge in [-0.15, -0.1) is 0 Å². The largest absolute Gasteiger partial charge is 0.462 e. The molecule has 3 nitrogen and oxygen atoms in total. The normalized spacial score (nSPS) is 49.5. The van der Waals surface area contributed by atoms with Crippen molar-refractivity contribution in [1.82, 2.24) is 0 Å². The summed E-state index contributed by atoms with van der Waals surface area (Å²) in [7, 11) is 0. The molecule has 94 valence electrons. The number of carbonyl (C=O) groups is 1. The van der Waals surface area contributed by atoms with Gasteiger partial charge in [-0.3, -0.25) is 4.79 Å². The fourth-order valence-corrected chi connectivity index (χ4v) is 4.09. The lowest BCUT2D eigenvalue weighted by molar-refractivity contribution is -0.155. The van der Waals surface area contributed by atoms with Gasteiger partial charge < -0.3 is 9.84 Å². The summed E-state index contributed by atoms with van der Waals surface area (Å²) < 4.78 is 5.38. The topological polar surface area (TPSA) is 46.5 Å². The van der Waals surface area contributed by atoms with E-state index in [0.29, 0.717) is 12.8 Å². The quantitative estimate of drug-likeness (QED) is 0.518. The monoisotopic (exact) mass is 236 g/mol. The zero-order valence-electron chi connectivity index (χ0n) is 10.4. The SMILES string of the molecule is C=C1CCC[C@@]2(C)C[C@@H]3OC(=O)C[C@@H]3C[C@]12O. The lowest BCUT2D eigenvalue weighted by Gasteiger charge is -2.55. The first-order chi connectivity index (χ1) is 7.95. The number of carbonyl (C=O) groups excluding carboxylic acids is 1. The fourth-order valence-electron chi connectivity index (χ4n) is 4.09. The van der Waals surface area contributed by atoms with Gasteiger partial charge in [-0.05, 0) is 37.7 Å². The van der Waals surface area contributed by atoms with Gasteiger partial charge in [-0.2, -0.15) is 0 Å². The summed E-state index contributed by atoms with van der Waals surface area (Å²) in [5.74, 6) is 0.0897. The van der Waals surface area contributed by atoms with E-state index in [1.165, 1.54) is 0 Å². The number of aliphatic hydroxyl groups is 1. The van der Waals surface area contributed by atoms with E-state index in [9.17, 15) is 9.90 Å². The van der Waals surface area contributed by atoms with Crippen LogP contribution in [0.5, 0.6) is 0 Å². The van der Waals surface area contributed by atoms with E-state index in [4.69, 9.17) is 4.74 Å². The van der Waals surface area contributed by atoms with Crippen molar-refractivity contribution < 1.29 is 14.6 Å². The minimum Gasteiger partial charge on any atom is -0.462 e. The fraction of sp³-hybridized carbons (Fsp3) is 0.786. The number of rotatable bonds is 0. The van der Waals surface area contributed by atoms with Gasteiger partial charge in [0.25, 0.3) is 0 Å². The second-order valence-electron chi connectivity index (χ2n) is 6.28. The van der Waals surface area contributed by atoms with Crippen LogP contribution in [0.3, 0.4) is 0 Å². The lowest BCUT2D eigenvalue weighted by Crippen LogP contribution is -2.57. The molecule has 3 rings (SSSR count). The van der Waals surface area contributed by atoms with Crippen molar-refractivity contribution in [3.8, 4) is 0 Å². The van der Waals surface area contributed by atoms with E-state index in [0.717, 1.165) is 31.3 Å². The van der Waals surface area contributed by atoms with E-state index in [1.54, 1.807) is 0 Å². The Morgan fingerprint density at radius 3 is 3.00 bits per heavy atom. The van der Waals surface area contributed by atoms with Crippen molar-refractivity contribution in [2.45, 2.75) is 57.2 Å². The van der Waals surface area contributed by atoms with E-state index >= 15 is 0 Å². The molecule has 0 aromatic heterocycles. The molecule has 3 fully saturated rings.